The van der Waals surface area contributed by atoms with Crippen molar-refractivity contribution < 1.29 is 5.11 Å². The van der Waals surface area contributed by atoms with Gasteiger partial charge in [-0.15, -0.1) is 0 Å². The lowest BCUT2D eigenvalue weighted by Crippen LogP contribution is -2.50. The van der Waals surface area contributed by atoms with Gasteiger partial charge in [0.1, 0.15) is 5.82 Å². The number of fused-ring (bicyclic) bond motifs is 1. The number of aromatic nitrogens is 2. The Morgan fingerprint density at radius 3 is 2.36 bits per heavy atom. The van der Waals surface area contributed by atoms with E-state index in [4.69, 9.17) is 4.98 Å². The summed E-state index contributed by atoms with van der Waals surface area (Å²) in [5.74, 6) is 0.902. The quantitative estimate of drug-likeness (QED) is 0.925. The second-order valence-corrected chi connectivity index (χ2v) is 8.20. The second kappa shape index (κ2) is 7.36. The molecule has 2 heterocycles. The normalized spacial score (nSPS) is 18.6. The summed E-state index contributed by atoms with van der Waals surface area (Å²) in [4.78, 5) is 14.2. The van der Waals surface area contributed by atoms with Crippen LogP contribution in [0.15, 0.2) is 24.3 Å². The molecule has 1 aromatic carbocycles. The number of aliphatic hydroxyl groups is 1. The van der Waals surface area contributed by atoms with Crippen LogP contribution in [0.2, 0.25) is 0 Å². The number of hydrogen-bond donors (Lipinski definition) is 1. The molecule has 1 aliphatic heterocycles. The second-order valence-electron chi connectivity index (χ2n) is 8.20. The summed E-state index contributed by atoms with van der Waals surface area (Å²) in [6.45, 7) is 13.8. The van der Waals surface area contributed by atoms with E-state index >= 15 is 0 Å². The lowest BCUT2D eigenvalue weighted by molar-refractivity contribution is 0.0123. The van der Waals surface area contributed by atoms with Crippen LogP contribution in [0.1, 0.15) is 32.3 Å². The van der Waals surface area contributed by atoms with Crippen molar-refractivity contribution in [1.29, 1.82) is 0 Å². The third kappa shape index (κ3) is 4.54. The Balaban J connectivity index is 1.57. The van der Waals surface area contributed by atoms with E-state index in [1.807, 2.05) is 12.1 Å². The fourth-order valence-corrected chi connectivity index (χ4v) is 3.21. The first-order valence-electron chi connectivity index (χ1n) is 9.18. The van der Waals surface area contributed by atoms with Gasteiger partial charge in [0.05, 0.1) is 18.2 Å². The lowest BCUT2D eigenvalue weighted by Gasteiger charge is -2.37. The van der Waals surface area contributed by atoms with Crippen molar-refractivity contribution in [3.8, 4) is 0 Å². The summed E-state index contributed by atoms with van der Waals surface area (Å²) in [6, 6.07) is 8.19. The standard InChI is InChI=1S/C20H30N4O/c1-15-16-7-5-6-8-17(16)22-19(21-15)14-24-11-9-23(10-12-24)13-18(25)20(2,3)4/h5-8,18,25H,9-14H2,1-4H3. The van der Waals surface area contributed by atoms with E-state index < -0.39 is 0 Å². The fourth-order valence-electron chi connectivity index (χ4n) is 3.21. The average Bonchev–Trinajstić information content (AvgIpc) is 2.56. The number of para-hydroxylation sites is 1. The number of β-amino-alcohol motifs (C(OH)–C–C–N with tert-alkyl or cyclic N) is 1. The van der Waals surface area contributed by atoms with Gasteiger partial charge in [-0.3, -0.25) is 9.80 Å². The van der Waals surface area contributed by atoms with Gasteiger partial charge in [0, 0.05) is 43.8 Å². The molecule has 1 fully saturated rings. The van der Waals surface area contributed by atoms with Crippen LogP contribution in [0, 0.1) is 12.3 Å². The molecule has 0 spiro atoms. The van der Waals surface area contributed by atoms with Gasteiger partial charge in [0.15, 0.2) is 0 Å². The maximum Gasteiger partial charge on any atom is 0.143 e. The Hall–Kier alpha value is -1.56. The zero-order valence-electron chi connectivity index (χ0n) is 15.9. The van der Waals surface area contributed by atoms with Crippen LogP contribution < -0.4 is 0 Å². The maximum atomic E-state index is 10.3. The number of benzene rings is 1. The van der Waals surface area contributed by atoms with E-state index in [2.05, 4.69) is 54.6 Å². The molecule has 0 bridgehead atoms. The number of aryl methyl sites for hydroxylation is 1. The van der Waals surface area contributed by atoms with Crippen LogP contribution in [0.4, 0.5) is 0 Å². The molecule has 1 aromatic heterocycles. The Bertz CT molecular complexity index is 717. The predicted octanol–water partition coefficient (Wildman–Crippen LogP) is 2.46. The third-order valence-electron chi connectivity index (χ3n) is 5.10. The molecule has 0 amide bonds. The summed E-state index contributed by atoms with van der Waals surface area (Å²) < 4.78 is 0. The first-order valence-corrected chi connectivity index (χ1v) is 9.18. The Morgan fingerprint density at radius 1 is 1.04 bits per heavy atom. The third-order valence-corrected chi connectivity index (χ3v) is 5.10. The Morgan fingerprint density at radius 2 is 1.68 bits per heavy atom. The van der Waals surface area contributed by atoms with Gasteiger partial charge in [-0.1, -0.05) is 39.0 Å². The van der Waals surface area contributed by atoms with Gasteiger partial charge < -0.3 is 5.11 Å². The molecule has 136 valence electrons. The highest BCUT2D eigenvalue weighted by molar-refractivity contribution is 5.80. The monoisotopic (exact) mass is 342 g/mol. The molecule has 1 saturated heterocycles. The smallest absolute Gasteiger partial charge is 0.143 e. The van der Waals surface area contributed by atoms with Gasteiger partial charge in [-0.05, 0) is 18.4 Å². The molecular formula is C20H30N4O. The first kappa shape index (κ1) is 18.2. The van der Waals surface area contributed by atoms with E-state index in [1.165, 1.54) is 0 Å². The summed E-state index contributed by atoms with van der Waals surface area (Å²) in [6.07, 6.45) is -0.287. The molecule has 0 aliphatic carbocycles. The minimum Gasteiger partial charge on any atom is -0.391 e. The van der Waals surface area contributed by atoms with Crippen LogP contribution in [-0.4, -0.2) is 63.7 Å². The van der Waals surface area contributed by atoms with Gasteiger partial charge in [-0.2, -0.15) is 0 Å². The molecule has 1 N–H and O–H groups in total. The molecule has 1 unspecified atom stereocenters. The van der Waals surface area contributed by atoms with Crippen molar-refractivity contribution in [2.75, 3.05) is 32.7 Å². The Labute approximate surface area is 150 Å². The molecule has 0 saturated carbocycles. The fraction of sp³-hybridized carbons (Fsp3) is 0.600. The van der Waals surface area contributed by atoms with Crippen molar-refractivity contribution in [3.05, 3.63) is 35.8 Å². The van der Waals surface area contributed by atoms with Gasteiger partial charge in [-0.25, -0.2) is 9.97 Å². The zero-order valence-corrected chi connectivity index (χ0v) is 15.9. The molecule has 1 aliphatic rings. The number of piperazine rings is 1. The van der Waals surface area contributed by atoms with Crippen molar-refractivity contribution in [1.82, 2.24) is 19.8 Å². The molecule has 3 rings (SSSR count). The first-order chi connectivity index (χ1) is 11.8. The summed E-state index contributed by atoms with van der Waals surface area (Å²) in [7, 11) is 0. The highest BCUT2D eigenvalue weighted by Crippen LogP contribution is 2.21. The van der Waals surface area contributed by atoms with E-state index in [9.17, 15) is 5.11 Å². The predicted molar refractivity (Wildman–Crippen MR) is 101 cm³/mol. The minimum atomic E-state index is -0.287. The van der Waals surface area contributed by atoms with Crippen LogP contribution in [-0.2, 0) is 6.54 Å². The Kier molecular flexibility index (Phi) is 5.37. The van der Waals surface area contributed by atoms with E-state index in [0.29, 0.717) is 0 Å². The largest absolute Gasteiger partial charge is 0.391 e. The van der Waals surface area contributed by atoms with Gasteiger partial charge in [0.25, 0.3) is 0 Å². The molecule has 5 nitrogen and oxygen atoms in total. The highest BCUT2D eigenvalue weighted by atomic mass is 16.3. The number of rotatable bonds is 4. The molecule has 2 aromatic rings. The van der Waals surface area contributed by atoms with Crippen LogP contribution in [0.3, 0.4) is 0 Å². The van der Waals surface area contributed by atoms with Crippen molar-refractivity contribution in [2.45, 2.75) is 40.3 Å². The van der Waals surface area contributed by atoms with Crippen molar-refractivity contribution >= 4 is 10.9 Å². The molecule has 25 heavy (non-hydrogen) atoms. The maximum absolute atomic E-state index is 10.3. The molecular weight excluding hydrogens is 312 g/mol. The lowest BCUT2D eigenvalue weighted by atomic mass is 9.89. The number of aliphatic hydroxyl groups excluding tert-OH is 1. The van der Waals surface area contributed by atoms with Crippen LogP contribution in [0.5, 0.6) is 0 Å². The van der Waals surface area contributed by atoms with Gasteiger partial charge in [0.2, 0.25) is 0 Å². The van der Waals surface area contributed by atoms with E-state index in [0.717, 1.165) is 61.7 Å². The molecule has 5 heteroatoms. The highest BCUT2D eigenvalue weighted by Gasteiger charge is 2.26. The topological polar surface area (TPSA) is 52.5 Å². The summed E-state index contributed by atoms with van der Waals surface area (Å²) >= 11 is 0. The average molecular weight is 342 g/mol. The SMILES string of the molecule is Cc1nc(CN2CCN(CC(O)C(C)(C)C)CC2)nc2ccccc12. The summed E-state index contributed by atoms with van der Waals surface area (Å²) in [5, 5.41) is 11.4. The minimum absolute atomic E-state index is 0.0619. The summed E-state index contributed by atoms with van der Waals surface area (Å²) in [5.41, 5.74) is 2.01. The van der Waals surface area contributed by atoms with E-state index in [1.54, 1.807) is 0 Å². The van der Waals surface area contributed by atoms with Gasteiger partial charge >= 0.3 is 0 Å². The molecule has 1 atom stereocenters. The van der Waals surface area contributed by atoms with Crippen LogP contribution in [0.25, 0.3) is 10.9 Å². The van der Waals surface area contributed by atoms with Crippen molar-refractivity contribution in [2.24, 2.45) is 5.41 Å². The molecule has 0 radical (unpaired) electrons. The number of nitrogens with zero attached hydrogens (tertiary/aromatic N) is 4. The van der Waals surface area contributed by atoms with E-state index in [-0.39, 0.29) is 11.5 Å². The number of hydrogen-bond acceptors (Lipinski definition) is 5. The van der Waals surface area contributed by atoms with Crippen molar-refractivity contribution in [3.63, 3.8) is 0 Å². The van der Waals surface area contributed by atoms with Crippen LogP contribution >= 0.6 is 0 Å². The zero-order chi connectivity index (χ0) is 18.0.